The lowest BCUT2D eigenvalue weighted by Gasteiger charge is -2.16. The standard InChI is InChI=1S/C39H44O24/c1-46-25-17-31(52-7)28(49-4)14-22(25)34(40)58-61-37(43)55-12-10-21(20-57-39(45)63-60-36(42)24-16-30(51-6)33(54-9)19-27(24)48-3)11-13-56-38(44)62-59-35(41)23-15-29(50-5)32(53-8)18-26(23)47-2/h14-19,21H,10-13,20H2,1-9H3. The molecule has 0 fully saturated rings. The number of ether oxygens (including phenoxy) is 12. The molecule has 0 aliphatic heterocycles. The minimum atomic E-state index is -1.48. The SMILES string of the molecule is COc1cc(OC)c(C(=O)OOC(=O)OCCC(CCOC(=O)OOC(=O)c2cc(OC)c(OC)cc2OC)COC(=O)OOC(=O)c2cc(OC)c(OC)cc2OC)cc1OC. The molecule has 0 saturated carbocycles. The van der Waals surface area contributed by atoms with Crippen molar-refractivity contribution in [1.82, 2.24) is 0 Å². The molecule has 3 rings (SSSR count). The van der Waals surface area contributed by atoms with E-state index in [0.29, 0.717) is 0 Å². The Morgan fingerprint density at radius 1 is 0.349 bits per heavy atom. The maximum atomic E-state index is 12.7. The Bertz CT molecular complexity index is 1970. The summed E-state index contributed by atoms with van der Waals surface area (Å²) in [5.74, 6) is -3.11. The summed E-state index contributed by atoms with van der Waals surface area (Å²) in [6.45, 7) is -1.39. The van der Waals surface area contributed by atoms with Crippen LogP contribution in [0.5, 0.6) is 51.7 Å². The number of benzene rings is 3. The van der Waals surface area contributed by atoms with Gasteiger partial charge in [-0.2, -0.15) is 14.4 Å². The van der Waals surface area contributed by atoms with Gasteiger partial charge < -0.3 is 56.8 Å². The molecular weight excluding hydrogens is 852 g/mol. The molecule has 0 aliphatic rings. The van der Waals surface area contributed by atoms with Crippen molar-refractivity contribution in [2.24, 2.45) is 5.92 Å². The molecule has 0 atom stereocenters. The van der Waals surface area contributed by atoms with Crippen molar-refractivity contribution in [2.45, 2.75) is 12.8 Å². The first-order valence-electron chi connectivity index (χ1n) is 17.9. The summed E-state index contributed by atoms with van der Waals surface area (Å²) in [6, 6.07) is 7.72. The van der Waals surface area contributed by atoms with E-state index in [4.69, 9.17) is 56.8 Å². The maximum Gasteiger partial charge on any atom is 0.549 e. The molecule has 0 aromatic heterocycles. The normalized spacial score (nSPS) is 10.2. The quantitative estimate of drug-likeness (QED) is 0.0607. The third kappa shape index (κ3) is 14.1. The number of methoxy groups -OCH3 is 9. The second-order valence-corrected chi connectivity index (χ2v) is 11.8. The summed E-state index contributed by atoms with van der Waals surface area (Å²) < 4.78 is 61.5. The van der Waals surface area contributed by atoms with Crippen LogP contribution in [0.3, 0.4) is 0 Å². The van der Waals surface area contributed by atoms with Crippen LogP contribution >= 0.6 is 0 Å². The molecule has 0 N–H and O–H groups in total. The maximum absolute atomic E-state index is 12.7. The average molecular weight is 897 g/mol. The van der Waals surface area contributed by atoms with E-state index >= 15 is 0 Å². The van der Waals surface area contributed by atoms with Gasteiger partial charge in [0.05, 0.1) is 83.8 Å². The summed E-state index contributed by atoms with van der Waals surface area (Å²) in [5.41, 5.74) is -0.569. The smallest absolute Gasteiger partial charge is 0.496 e. The van der Waals surface area contributed by atoms with Gasteiger partial charge in [-0.05, 0) is 18.8 Å². The molecule has 3 aromatic carbocycles. The highest BCUT2D eigenvalue weighted by Gasteiger charge is 2.26. The van der Waals surface area contributed by atoms with Gasteiger partial charge in [0.1, 0.15) is 33.9 Å². The zero-order valence-electron chi connectivity index (χ0n) is 35.4. The Hall–Kier alpha value is -7.92. The summed E-state index contributed by atoms with van der Waals surface area (Å²) in [6.07, 6.45) is -4.62. The molecule has 0 spiro atoms. The fourth-order valence-corrected chi connectivity index (χ4v) is 5.10. The predicted octanol–water partition coefficient (Wildman–Crippen LogP) is 5.24. The third-order valence-corrected chi connectivity index (χ3v) is 8.26. The molecule has 63 heavy (non-hydrogen) atoms. The molecule has 344 valence electrons. The summed E-state index contributed by atoms with van der Waals surface area (Å²) >= 11 is 0. The van der Waals surface area contributed by atoms with Crippen LogP contribution in [0.15, 0.2) is 36.4 Å². The Balaban J connectivity index is 1.60. The lowest BCUT2D eigenvalue weighted by Crippen LogP contribution is -2.22. The first-order valence-corrected chi connectivity index (χ1v) is 17.9. The van der Waals surface area contributed by atoms with E-state index in [2.05, 4.69) is 29.3 Å². The molecule has 0 saturated heterocycles. The zero-order chi connectivity index (χ0) is 46.5. The minimum Gasteiger partial charge on any atom is -0.496 e. The molecule has 0 amide bonds. The fourth-order valence-electron chi connectivity index (χ4n) is 5.10. The van der Waals surface area contributed by atoms with Crippen LogP contribution in [0.2, 0.25) is 0 Å². The predicted molar refractivity (Wildman–Crippen MR) is 205 cm³/mol. The molecule has 0 bridgehead atoms. The van der Waals surface area contributed by atoms with Crippen LogP contribution in [0, 0.1) is 5.92 Å². The minimum absolute atomic E-state index is 0.00218. The van der Waals surface area contributed by atoms with Crippen molar-refractivity contribution in [3.8, 4) is 51.7 Å². The van der Waals surface area contributed by atoms with Gasteiger partial charge in [0, 0.05) is 36.4 Å². The lowest BCUT2D eigenvalue weighted by molar-refractivity contribution is -0.206. The molecule has 3 aromatic rings. The largest absolute Gasteiger partial charge is 0.549 e. The van der Waals surface area contributed by atoms with E-state index in [-0.39, 0.29) is 81.3 Å². The second-order valence-electron chi connectivity index (χ2n) is 11.8. The molecule has 24 heteroatoms. The van der Waals surface area contributed by atoms with E-state index in [1.54, 1.807) is 0 Å². The van der Waals surface area contributed by atoms with Gasteiger partial charge in [0.2, 0.25) is 0 Å². The molecular formula is C39H44O24. The first-order chi connectivity index (χ1) is 30.3. The second kappa shape index (κ2) is 25.0. The van der Waals surface area contributed by atoms with Gasteiger partial charge in [0.15, 0.2) is 34.5 Å². The molecule has 24 nitrogen and oxygen atoms in total. The highest BCUT2D eigenvalue weighted by Crippen LogP contribution is 2.37. The van der Waals surface area contributed by atoms with Crippen LogP contribution in [0.4, 0.5) is 14.4 Å². The van der Waals surface area contributed by atoms with E-state index in [1.807, 2.05) is 0 Å². The van der Waals surface area contributed by atoms with E-state index < -0.39 is 62.1 Å². The number of rotatable bonds is 20. The van der Waals surface area contributed by atoms with Crippen molar-refractivity contribution >= 4 is 36.4 Å². The van der Waals surface area contributed by atoms with Crippen molar-refractivity contribution in [3.63, 3.8) is 0 Å². The summed E-state index contributed by atoms with van der Waals surface area (Å²) in [4.78, 5) is 102. The first kappa shape index (κ1) is 49.4. The van der Waals surface area contributed by atoms with Gasteiger partial charge in [-0.1, -0.05) is 0 Å². The van der Waals surface area contributed by atoms with Crippen LogP contribution in [0.1, 0.15) is 43.9 Å². The van der Waals surface area contributed by atoms with Crippen molar-refractivity contribution < 1.29 is 115 Å². The van der Waals surface area contributed by atoms with Gasteiger partial charge in [0.25, 0.3) is 0 Å². The number of hydrogen-bond acceptors (Lipinski definition) is 24. The van der Waals surface area contributed by atoms with Crippen LogP contribution in [-0.2, 0) is 43.5 Å². The summed E-state index contributed by atoms with van der Waals surface area (Å²) in [5, 5.41) is 0. The fraction of sp³-hybridized carbons (Fsp3) is 0.385. The van der Waals surface area contributed by atoms with Crippen molar-refractivity contribution in [1.29, 1.82) is 0 Å². The van der Waals surface area contributed by atoms with Crippen LogP contribution < -0.4 is 42.6 Å². The van der Waals surface area contributed by atoms with Gasteiger partial charge in [-0.15, -0.1) is 0 Å². The molecule has 0 unspecified atom stereocenters. The van der Waals surface area contributed by atoms with Crippen molar-refractivity contribution in [2.75, 3.05) is 83.8 Å². The topological polar surface area (TPSA) is 269 Å². The van der Waals surface area contributed by atoms with Crippen molar-refractivity contribution in [3.05, 3.63) is 53.1 Å². The highest BCUT2D eigenvalue weighted by molar-refractivity contribution is 5.95. The summed E-state index contributed by atoms with van der Waals surface area (Å²) in [7, 11) is 11.9. The number of hydrogen-bond donors (Lipinski definition) is 0. The third-order valence-electron chi connectivity index (χ3n) is 8.26. The van der Waals surface area contributed by atoms with Crippen LogP contribution in [-0.4, -0.2) is 120 Å². The van der Waals surface area contributed by atoms with Crippen LogP contribution in [0.25, 0.3) is 0 Å². The number of carbonyl (C=O) groups excluding carboxylic acids is 6. The monoisotopic (exact) mass is 896 g/mol. The number of carbonyl (C=O) groups is 6. The van der Waals surface area contributed by atoms with E-state index in [1.165, 1.54) is 100 Å². The molecule has 0 heterocycles. The zero-order valence-corrected chi connectivity index (χ0v) is 35.4. The Morgan fingerprint density at radius 3 is 0.873 bits per heavy atom. The Morgan fingerprint density at radius 2 is 0.603 bits per heavy atom. The van der Waals surface area contributed by atoms with E-state index in [9.17, 15) is 28.8 Å². The van der Waals surface area contributed by atoms with Gasteiger partial charge in [-0.3, -0.25) is 0 Å². The van der Waals surface area contributed by atoms with Gasteiger partial charge in [-0.25, -0.2) is 43.7 Å². The molecule has 0 radical (unpaired) electrons. The Kier molecular flexibility index (Phi) is 19.6. The highest BCUT2D eigenvalue weighted by atomic mass is 17.2. The van der Waals surface area contributed by atoms with Gasteiger partial charge >= 0.3 is 36.4 Å². The van der Waals surface area contributed by atoms with E-state index in [0.717, 1.165) is 0 Å². The average Bonchev–Trinajstić information content (AvgIpc) is 3.31. The Labute approximate surface area is 358 Å². The molecule has 0 aliphatic carbocycles. The lowest BCUT2D eigenvalue weighted by atomic mass is 10.0.